The van der Waals surface area contributed by atoms with Gasteiger partial charge in [0.2, 0.25) is 5.91 Å². The van der Waals surface area contributed by atoms with Gasteiger partial charge in [-0.05, 0) is 30.2 Å². The number of carbonyl (C=O) groups is 2. The molecule has 26 heavy (non-hydrogen) atoms. The van der Waals surface area contributed by atoms with Crippen LogP contribution in [-0.2, 0) is 22.4 Å². The van der Waals surface area contributed by atoms with Gasteiger partial charge in [0.1, 0.15) is 0 Å². The maximum absolute atomic E-state index is 12.6. The number of carboxylic acids is 1. The van der Waals surface area contributed by atoms with Gasteiger partial charge in [0.05, 0.1) is 23.0 Å². The van der Waals surface area contributed by atoms with Crippen molar-refractivity contribution in [2.75, 3.05) is 13.1 Å². The zero-order valence-electron chi connectivity index (χ0n) is 14.6. The van der Waals surface area contributed by atoms with Crippen molar-refractivity contribution in [3.05, 3.63) is 52.0 Å². The van der Waals surface area contributed by atoms with Crippen molar-refractivity contribution >= 4 is 23.2 Å². The van der Waals surface area contributed by atoms with Crippen molar-refractivity contribution in [3.63, 3.8) is 0 Å². The fourth-order valence-electron chi connectivity index (χ4n) is 4.00. The molecule has 1 aliphatic heterocycles. The van der Waals surface area contributed by atoms with Gasteiger partial charge >= 0.3 is 5.97 Å². The van der Waals surface area contributed by atoms with E-state index in [4.69, 9.17) is 5.11 Å². The molecule has 1 N–H and O–H groups in total. The van der Waals surface area contributed by atoms with Gasteiger partial charge in [-0.1, -0.05) is 30.3 Å². The Morgan fingerprint density at radius 2 is 1.96 bits per heavy atom. The fraction of sp³-hybridized carbons (Fsp3) is 0.450. The van der Waals surface area contributed by atoms with E-state index in [0.717, 1.165) is 36.4 Å². The first kappa shape index (κ1) is 17.2. The van der Waals surface area contributed by atoms with Gasteiger partial charge in [0.25, 0.3) is 0 Å². The van der Waals surface area contributed by atoms with Crippen LogP contribution in [0.15, 0.2) is 35.7 Å². The van der Waals surface area contributed by atoms with Crippen LogP contribution in [-0.4, -0.2) is 40.0 Å². The Labute approximate surface area is 156 Å². The Kier molecular flexibility index (Phi) is 4.53. The zero-order valence-corrected chi connectivity index (χ0v) is 15.4. The summed E-state index contributed by atoms with van der Waals surface area (Å²) in [5, 5.41) is 12.2. The molecule has 1 aromatic heterocycles. The van der Waals surface area contributed by atoms with Crippen molar-refractivity contribution in [2.24, 2.45) is 11.3 Å². The summed E-state index contributed by atoms with van der Waals surface area (Å²) in [5.41, 5.74) is 2.02. The quantitative estimate of drug-likeness (QED) is 0.878. The van der Waals surface area contributed by atoms with Gasteiger partial charge in [-0.15, -0.1) is 11.3 Å². The minimum Gasteiger partial charge on any atom is -0.481 e. The second kappa shape index (κ2) is 6.83. The van der Waals surface area contributed by atoms with E-state index in [2.05, 4.69) is 17.1 Å². The molecule has 2 fully saturated rings. The molecule has 1 aliphatic carbocycles. The number of thiazole rings is 1. The normalized spacial score (nSPS) is 20.9. The lowest BCUT2D eigenvalue weighted by Gasteiger charge is -2.32. The predicted molar refractivity (Wildman–Crippen MR) is 99.1 cm³/mol. The summed E-state index contributed by atoms with van der Waals surface area (Å²) < 4.78 is 0. The SMILES string of the molecule is O=C(O)C1CC12CCN(C(=O)Cc1csc(Cc3ccccc3)n1)CC2. The van der Waals surface area contributed by atoms with Crippen molar-refractivity contribution < 1.29 is 14.7 Å². The highest BCUT2D eigenvalue weighted by Gasteiger charge is 2.59. The standard InChI is InChI=1S/C20H22N2O3S/c23-18(22-8-6-20(7-9-22)12-16(20)19(24)25)11-15-13-26-17(21-15)10-14-4-2-1-3-5-14/h1-5,13,16H,6-12H2,(H,24,25). The number of amides is 1. The number of aromatic nitrogens is 1. The molecular weight excluding hydrogens is 348 g/mol. The third-order valence-corrected chi connectivity index (χ3v) is 6.63. The molecule has 5 nitrogen and oxygen atoms in total. The summed E-state index contributed by atoms with van der Waals surface area (Å²) in [7, 11) is 0. The average Bonchev–Trinajstić information content (AvgIpc) is 3.17. The Bertz CT molecular complexity index is 809. The number of hydrogen-bond acceptors (Lipinski definition) is 4. The number of rotatable bonds is 5. The lowest BCUT2D eigenvalue weighted by Crippen LogP contribution is -2.40. The molecule has 6 heteroatoms. The first-order valence-electron chi connectivity index (χ1n) is 9.03. The van der Waals surface area contributed by atoms with E-state index in [1.165, 1.54) is 5.56 Å². The van der Waals surface area contributed by atoms with Gasteiger partial charge < -0.3 is 10.0 Å². The highest BCUT2D eigenvalue weighted by Crippen LogP contribution is 2.59. The highest BCUT2D eigenvalue weighted by molar-refractivity contribution is 7.09. The molecule has 1 atom stereocenters. The summed E-state index contributed by atoms with van der Waals surface area (Å²) in [6.07, 6.45) is 3.53. The van der Waals surface area contributed by atoms with Crippen LogP contribution in [0.3, 0.4) is 0 Å². The van der Waals surface area contributed by atoms with Gasteiger partial charge in [-0.2, -0.15) is 0 Å². The number of likely N-dealkylation sites (tertiary alicyclic amines) is 1. The smallest absolute Gasteiger partial charge is 0.307 e. The van der Waals surface area contributed by atoms with Gasteiger partial charge in [-0.3, -0.25) is 9.59 Å². The molecule has 1 spiro atoms. The van der Waals surface area contributed by atoms with E-state index in [9.17, 15) is 9.59 Å². The average molecular weight is 370 g/mol. The predicted octanol–water partition coefficient (Wildman–Crippen LogP) is 2.99. The second-order valence-corrected chi connectivity index (χ2v) is 8.35. The van der Waals surface area contributed by atoms with E-state index in [1.54, 1.807) is 11.3 Å². The molecule has 4 rings (SSSR count). The lowest BCUT2D eigenvalue weighted by molar-refractivity contribution is -0.139. The molecule has 2 heterocycles. The Morgan fingerprint density at radius 3 is 2.62 bits per heavy atom. The number of carboxylic acid groups (broad SMARTS) is 1. The zero-order chi connectivity index (χ0) is 18.1. The van der Waals surface area contributed by atoms with E-state index in [1.807, 2.05) is 28.5 Å². The van der Waals surface area contributed by atoms with Gasteiger partial charge in [-0.25, -0.2) is 4.98 Å². The molecule has 1 saturated carbocycles. The first-order chi connectivity index (χ1) is 12.6. The van der Waals surface area contributed by atoms with Crippen LogP contribution in [0, 0.1) is 11.3 Å². The van der Waals surface area contributed by atoms with E-state index in [0.29, 0.717) is 19.5 Å². The van der Waals surface area contributed by atoms with Crippen LogP contribution in [0.4, 0.5) is 0 Å². The van der Waals surface area contributed by atoms with Crippen LogP contribution >= 0.6 is 11.3 Å². The summed E-state index contributed by atoms with van der Waals surface area (Å²) in [6, 6.07) is 10.2. The van der Waals surface area contributed by atoms with Crippen LogP contribution in [0.5, 0.6) is 0 Å². The first-order valence-corrected chi connectivity index (χ1v) is 9.91. The molecule has 1 saturated heterocycles. The van der Waals surface area contributed by atoms with E-state index < -0.39 is 5.97 Å². The Hall–Kier alpha value is -2.21. The number of piperidine rings is 1. The summed E-state index contributed by atoms with van der Waals surface area (Å²) >= 11 is 1.60. The number of aliphatic carboxylic acids is 1. The molecule has 1 amide bonds. The lowest BCUT2D eigenvalue weighted by atomic mass is 9.90. The topological polar surface area (TPSA) is 70.5 Å². The minimum atomic E-state index is -0.682. The highest BCUT2D eigenvalue weighted by atomic mass is 32.1. The molecule has 136 valence electrons. The van der Waals surface area contributed by atoms with Crippen LogP contribution in [0.25, 0.3) is 0 Å². The number of hydrogen-bond donors (Lipinski definition) is 1. The van der Waals surface area contributed by atoms with E-state index >= 15 is 0 Å². The molecule has 0 radical (unpaired) electrons. The number of carbonyl (C=O) groups excluding carboxylic acids is 1. The largest absolute Gasteiger partial charge is 0.481 e. The van der Waals surface area contributed by atoms with Crippen LogP contribution in [0.1, 0.15) is 35.5 Å². The van der Waals surface area contributed by atoms with Crippen LogP contribution < -0.4 is 0 Å². The molecular formula is C20H22N2O3S. The Balaban J connectivity index is 1.30. The van der Waals surface area contributed by atoms with Gasteiger partial charge in [0.15, 0.2) is 0 Å². The van der Waals surface area contributed by atoms with Crippen molar-refractivity contribution in [2.45, 2.75) is 32.1 Å². The Morgan fingerprint density at radius 1 is 1.23 bits per heavy atom. The summed E-state index contributed by atoms with van der Waals surface area (Å²) in [4.78, 5) is 30.2. The maximum atomic E-state index is 12.6. The van der Waals surface area contributed by atoms with Gasteiger partial charge in [0, 0.05) is 24.9 Å². The van der Waals surface area contributed by atoms with E-state index in [-0.39, 0.29) is 17.2 Å². The van der Waals surface area contributed by atoms with Crippen molar-refractivity contribution in [1.29, 1.82) is 0 Å². The summed E-state index contributed by atoms with van der Waals surface area (Å²) in [5.74, 6) is -0.777. The third-order valence-electron chi connectivity index (χ3n) is 5.73. The molecule has 2 aromatic rings. The number of benzene rings is 1. The fourth-order valence-corrected chi connectivity index (χ4v) is 4.83. The summed E-state index contributed by atoms with van der Waals surface area (Å²) in [6.45, 7) is 1.34. The molecule has 0 bridgehead atoms. The molecule has 1 aromatic carbocycles. The van der Waals surface area contributed by atoms with Crippen molar-refractivity contribution in [1.82, 2.24) is 9.88 Å². The second-order valence-electron chi connectivity index (χ2n) is 7.41. The minimum absolute atomic E-state index is 0.0356. The third kappa shape index (κ3) is 3.51. The van der Waals surface area contributed by atoms with Crippen molar-refractivity contribution in [3.8, 4) is 0 Å². The monoisotopic (exact) mass is 370 g/mol. The molecule has 2 aliphatic rings. The van der Waals surface area contributed by atoms with Crippen LogP contribution in [0.2, 0.25) is 0 Å². The number of nitrogens with zero attached hydrogens (tertiary/aromatic N) is 2. The maximum Gasteiger partial charge on any atom is 0.307 e. The molecule has 1 unspecified atom stereocenters.